The lowest BCUT2D eigenvalue weighted by Gasteiger charge is -2.32. The van der Waals surface area contributed by atoms with Gasteiger partial charge >= 0.3 is 6.09 Å². The maximum Gasteiger partial charge on any atom is 0.409 e. The molecule has 1 aliphatic rings. The first kappa shape index (κ1) is 13.7. The van der Waals surface area contributed by atoms with Crippen LogP contribution in [0.4, 0.5) is 10.6 Å². The summed E-state index contributed by atoms with van der Waals surface area (Å²) < 4.78 is 7.08. The molecule has 1 aliphatic heterocycles. The minimum atomic E-state index is -0.201. The molecule has 112 valence electrons. The molecule has 21 heavy (non-hydrogen) atoms. The van der Waals surface area contributed by atoms with Crippen LogP contribution in [0.25, 0.3) is 5.65 Å². The summed E-state index contributed by atoms with van der Waals surface area (Å²) in [7, 11) is 0. The lowest BCUT2D eigenvalue weighted by molar-refractivity contribution is 0.0983. The number of imidazole rings is 1. The van der Waals surface area contributed by atoms with E-state index in [2.05, 4.69) is 10.3 Å². The van der Waals surface area contributed by atoms with E-state index in [0.717, 1.165) is 37.4 Å². The third-order valence-electron chi connectivity index (χ3n) is 3.80. The van der Waals surface area contributed by atoms with Crippen LogP contribution in [0, 0.1) is 0 Å². The Bertz CT molecular complexity index is 617. The average Bonchev–Trinajstić information content (AvgIpc) is 2.98. The molecular weight excluding hydrogens is 268 g/mol. The fourth-order valence-corrected chi connectivity index (χ4v) is 2.70. The van der Waals surface area contributed by atoms with Gasteiger partial charge in [0.05, 0.1) is 6.61 Å². The molecule has 1 N–H and O–H groups in total. The monoisotopic (exact) mass is 288 g/mol. The van der Waals surface area contributed by atoms with Crippen molar-refractivity contribution in [2.45, 2.75) is 25.8 Å². The van der Waals surface area contributed by atoms with E-state index in [9.17, 15) is 4.79 Å². The Kier molecular flexibility index (Phi) is 3.94. The van der Waals surface area contributed by atoms with Crippen LogP contribution in [0.1, 0.15) is 19.8 Å². The number of hydrogen-bond donors (Lipinski definition) is 1. The largest absolute Gasteiger partial charge is 0.450 e. The predicted octanol–water partition coefficient (Wildman–Crippen LogP) is 2.37. The van der Waals surface area contributed by atoms with Gasteiger partial charge in [0, 0.05) is 31.5 Å². The van der Waals surface area contributed by atoms with E-state index in [1.807, 2.05) is 35.7 Å². The highest BCUT2D eigenvalue weighted by atomic mass is 16.6. The summed E-state index contributed by atoms with van der Waals surface area (Å²) in [5.41, 5.74) is 0.934. The second-order valence-electron chi connectivity index (χ2n) is 5.17. The van der Waals surface area contributed by atoms with Crippen molar-refractivity contribution < 1.29 is 9.53 Å². The van der Waals surface area contributed by atoms with Gasteiger partial charge in [0.15, 0.2) is 0 Å². The SMILES string of the molecule is CCOC(=O)N1CCC(Nc2cccc3nccn23)CC1. The first-order chi connectivity index (χ1) is 10.3. The molecule has 1 fully saturated rings. The zero-order chi connectivity index (χ0) is 14.7. The topological polar surface area (TPSA) is 58.9 Å². The number of pyridine rings is 1. The highest BCUT2D eigenvalue weighted by molar-refractivity contribution is 5.67. The van der Waals surface area contributed by atoms with Gasteiger partial charge in [-0.2, -0.15) is 0 Å². The summed E-state index contributed by atoms with van der Waals surface area (Å²) in [5.74, 6) is 1.04. The van der Waals surface area contributed by atoms with Gasteiger partial charge in [-0.15, -0.1) is 0 Å². The van der Waals surface area contributed by atoms with Gasteiger partial charge in [-0.25, -0.2) is 9.78 Å². The van der Waals surface area contributed by atoms with E-state index in [-0.39, 0.29) is 6.09 Å². The molecule has 0 radical (unpaired) electrons. The summed E-state index contributed by atoms with van der Waals surface area (Å²) in [6.45, 7) is 3.73. The van der Waals surface area contributed by atoms with E-state index in [0.29, 0.717) is 12.6 Å². The number of carbonyl (C=O) groups is 1. The van der Waals surface area contributed by atoms with Gasteiger partial charge in [-0.3, -0.25) is 4.40 Å². The maximum atomic E-state index is 11.7. The molecule has 2 aromatic heterocycles. The molecule has 6 heteroatoms. The number of carbonyl (C=O) groups excluding carboxylic acids is 1. The van der Waals surface area contributed by atoms with Crippen LogP contribution in [0.3, 0.4) is 0 Å². The molecule has 6 nitrogen and oxygen atoms in total. The molecule has 1 saturated heterocycles. The second-order valence-corrected chi connectivity index (χ2v) is 5.17. The number of fused-ring (bicyclic) bond motifs is 1. The van der Waals surface area contributed by atoms with E-state index >= 15 is 0 Å². The van der Waals surface area contributed by atoms with E-state index < -0.39 is 0 Å². The molecule has 2 aromatic rings. The summed E-state index contributed by atoms with van der Waals surface area (Å²) in [6.07, 6.45) is 5.39. The molecule has 3 rings (SSSR count). The van der Waals surface area contributed by atoms with Crippen LogP contribution >= 0.6 is 0 Å². The molecule has 0 unspecified atom stereocenters. The molecule has 3 heterocycles. The highest BCUT2D eigenvalue weighted by Gasteiger charge is 2.23. The third-order valence-corrected chi connectivity index (χ3v) is 3.80. The lowest BCUT2D eigenvalue weighted by atomic mass is 10.1. The molecule has 0 spiro atoms. The van der Waals surface area contributed by atoms with Crippen molar-refractivity contribution in [3.8, 4) is 0 Å². The quantitative estimate of drug-likeness (QED) is 0.942. The number of hydrogen-bond acceptors (Lipinski definition) is 4. The van der Waals surface area contributed by atoms with Gasteiger partial charge in [0.1, 0.15) is 11.5 Å². The number of ether oxygens (including phenoxy) is 1. The Morgan fingerprint density at radius 2 is 2.24 bits per heavy atom. The van der Waals surface area contributed by atoms with Crippen molar-refractivity contribution >= 4 is 17.6 Å². The van der Waals surface area contributed by atoms with Gasteiger partial charge in [-0.05, 0) is 31.9 Å². The van der Waals surface area contributed by atoms with Crippen molar-refractivity contribution in [1.29, 1.82) is 0 Å². The molecule has 0 bridgehead atoms. The zero-order valence-electron chi connectivity index (χ0n) is 12.2. The Morgan fingerprint density at radius 1 is 1.43 bits per heavy atom. The molecule has 1 amide bonds. The molecule has 0 saturated carbocycles. The van der Waals surface area contributed by atoms with E-state index in [1.165, 1.54) is 0 Å². The number of piperidine rings is 1. The molecular formula is C15H20N4O2. The Labute approximate surface area is 123 Å². The number of nitrogens with one attached hydrogen (secondary N) is 1. The van der Waals surface area contributed by atoms with Crippen LogP contribution in [0.2, 0.25) is 0 Å². The average molecular weight is 288 g/mol. The lowest BCUT2D eigenvalue weighted by Crippen LogP contribution is -2.42. The number of rotatable bonds is 3. The van der Waals surface area contributed by atoms with Crippen molar-refractivity contribution in [2.75, 3.05) is 25.0 Å². The van der Waals surface area contributed by atoms with Crippen LogP contribution in [-0.4, -0.2) is 46.1 Å². The summed E-state index contributed by atoms with van der Waals surface area (Å²) in [5, 5.41) is 3.55. The van der Waals surface area contributed by atoms with Crippen LogP contribution in [-0.2, 0) is 4.74 Å². The minimum Gasteiger partial charge on any atom is -0.450 e. The number of aromatic nitrogens is 2. The first-order valence-electron chi connectivity index (χ1n) is 7.38. The maximum absolute atomic E-state index is 11.7. The third kappa shape index (κ3) is 2.94. The smallest absolute Gasteiger partial charge is 0.409 e. The Hall–Kier alpha value is -2.24. The number of nitrogens with zero attached hydrogens (tertiary/aromatic N) is 3. The van der Waals surface area contributed by atoms with Gasteiger partial charge in [0.25, 0.3) is 0 Å². The highest BCUT2D eigenvalue weighted by Crippen LogP contribution is 2.18. The predicted molar refractivity (Wildman–Crippen MR) is 80.4 cm³/mol. The van der Waals surface area contributed by atoms with E-state index in [1.54, 1.807) is 11.1 Å². The molecule has 0 atom stereocenters. The van der Waals surface area contributed by atoms with Crippen LogP contribution in [0.15, 0.2) is 30.6 Å². The van der Waals surface area contributed by atoms with Gasteiger partial charge in [0.2, 0.25) is 0 Å². The van der Waals surface area contributed by atoms with Crippen LogP contribution < -0.4 is 5.32 Å². The normalized spacial score (nSPS) is 16.1. The van der Waals surface area contributed by atoms with Crippen molar-refractivity contribution in [3.63, 3.8) is 0 Å². The van der Waals surface area contributed by atoms with Crippen LogP contribution in [0.5, 0.6) is 0 Å². The van der Waals surface area contributed by atoms with Gasteiger partial charge in [-0.1, -0.05) is 6.07 Å². The van der Waals surface area contributed by atoms with Gasteiger partial charge < -0.3 is 15.0 Å². The van der Waals surface area contributed by atoms with Crippen molar-refractivity contribution in [1.82, 2.24) is 14.3 Å². The first-order valence-corrected chi connectivity index (χ1v) is 7.38. The molecule has 0 aliphatic carbocycles. The number of likely N-dealkylation sites (tertiary alicyclic amines) is 1. The van der Waals surface area contributed by atoms with Crippen molar-refractivity contribution in [3.05, 3.63) is 30.6 Å². The van der Waals surface area contributed by atoms with E-state index in [4.69, 9.17) is 4.74 Å². The van der Waals surface area contributed by atoms with Crippen molar-refractivity contribution in [2.24, 2.45) is 0 Å². The number of anilines is 1. The Morgan fingerprint density at radius 3 is 3.00 bits per heavy atom. The standard InChI is InChI=1S/C15H20N4O2/c1-2-21-15(20)18-9-6-12(7-10-18)17-14-5-3-4-13-16-8-11-19(13)14/h3-5,8,11-12,17H,2,6-7,9-10H2,1H3. The second kappa shape index (κ2) is 6.03. The fourth-order valence-electron chi connectivity index (χ4n) is 2.70. The Balaban J connectivity index is 1.60. The fraction of sp³-hybridized carbons (Fsp3) is 0.467. The number of amides is 1. The minimum absolute atomic E-state index is 0.201. The molecule has 0 aromatic carbocycles. The zero-order valence-corrected chi connectivity index (χ0v) is 12.2. The summed E-state index contributed by atoms with van der Waals surface area (Å²) in [6, 6.07) is 6.39. The summed E-state index contributed by atoms with van der Waals surface area (Å²) in [4.78, 5) is 17.7. The summed E-state index contributed by atoms with van der Waals surface area (Å²) >= 11 is 0.